The monoisotopic (exact) mass is 288 g/mol. The van der Waals surface area contributed by atoms with E-state index in [9.17, 15) is 4.39 Å². The molecular weight excluding hydrogens is 267 g/mol. The lowest BCUT2D eigenvalue weighted by molar-refractivity contribution is 0.0561. The third-order valence-electron chi connectivity index (χ3n) is 2.98. The van der Waals surface area contributed by atoms with Crippen molar-refractivity contribution in [2.75, 3.05) is 26.7 Å². The summed E-state index contributed by atoms with van der Waals surface area (Å²) in [4.78, 5) is 1.96. The number of ether oxygens (including phenoxy) is 1. The summed E-state index contributed by atoms with van der Waals surface area (Å²) in [6.45, 7) is 5.52. The van der Waals surface area contributed by atoms with Crippen molar-refractivity contribution < 1.29 is 9.13 Å². The molecule has 108 valence electrons. The average molecular weight is 289 g/mol. The van der Waals surface area contributed by atoms with E-state index in [1.807, 2.05) is 25.8 Å². The zero-order valence-corrected chi connectivity index (χ0v) is 12.5. The van der Waals surface area contributed by atoms with Gasteiger partial charge in [-0.25, -0.2) is 4.39 Å². The number of hydrogen-bond acceptors (Lipinski definition) is 3. The molecule has 0 aliphatic carbocycles. The lowest BCUT2D eigenvalue weighted by Gasteiger charge is -2.28. The second-order valence-corrected chi connectivity index (χ2v) is 5.19. The fourth-order valence-electron chi connectivity index (χ4n) is 1.94. The minimum Gasteiger partial charge on any atom is -0.377 e. The fourth-order valence-corrected chi connectivity index (χ4v) is 2.22. The van der Waals surface area contributed by atoms with Crippen LogP contribution in [0.1, 0.15) is 25.5 Å². The predicted octanol–water partition coefficient (Wildman–Crippen LogP) is 2.84. The normalized spacial score (nSPS) is 13.3. The Morgan fingerprint density at radius 2 is 2.11 bits per heavy atom. The number of rotatable bonds is 7. The first-order chi connectivity index (χ1) is 8.97. The summed E-state index contributed by atoms with van der Waals surface area (Å²) in [7, 11) is 1.89. The van der Waals surface area contributed by atoms with Crippen LogP contribution >= 0.6 is 11.6 Å². The second-order valence-electron chi connectivity index (χ2n) is 4.79. The highest BCUT2D eigenvalue weighted by molar-refractivity contribution is 6.31. The minimum atomic E-state index is -0.320. The topological polar surface area (TPSA) is 38.5 Å². The molecule has 0 bridgehead atoms. The molecule has 0 saturated heterocycles. The van der Waals surface area contributed by atoms with E-state index >= 15 is 0 Å². The van der Waals surface area contributed by atoms with E-state index in [-0.39, 0.29) is 18.0 Å². The van der Waals surface area contributed by atoms with Crippen molar-refractivity contribution in [3.63, 3.8) is 0 Å². The minimum absolute atomic E-state index is 0.182. The van der Waals surface area contributed by atoms with Crippen molar-refractivity contribution in [1.82, 2.24) is 4.90 Å². The maximum absolute atomic E-state index is 13.9. The fraction of sp³-hybridized carbons (Fsp3) is 0.571. The van der Waals surface area contributed by atoms with Crippen molar-refractivity contribution in [3.8, 4) is 0 Å². The summed E-state index contributed by atoms with van der Waals surface area (Å²) < 4.78 is 19.4. The van der Waals surface area contributed by atoms with Crippen LogP contribution in [0, 0.1) is 5.82 Å². The molecule has 0 aromatic heterocycles. The Bertz CT molecular complexity index is 381. The van der Waals surface area contributed by atoms with E-state index in [0.29, 0.717) is 30.3 Å². The van der Waals surface area contributed by atoms with Crippen LogP contribution in [0.3, 0.4) is 0 Å². The molecule has 0 spiro atoms. The lowest BCUT2D eigenvalue weighted by Crippen LogP contribution is -2.34. The largest absolute Gasteiger partial charge is 0.377 e. The van der Waals surface area contributed by atoms with E-state index in [0.717, 1.165) is 0 Å². The molecule has 0 aliphatic rings. The van der Waals surface area contributed by atoms with Crippen molar-refractivity contribution >= 4 is 11.6 Å². The molecule has 1 rings (SSSR count). The number of halogens is 2. The van der Waals surface area contributed by atoms with Crippen molar-refractivity contribution in [1.29, 1.82) is 0 Å². The van der Waals surface area contributed by atoms with Gasteiger partial charge in [-0.2, -0.15) is 0 Å². The number of nitrogens with two attached hydrogens (primary N) is 1. The Morgan fingerprint density at radius 1 is 1.42 bits per heavy atom. The SMILES string of the molecule is CC(C)OCCN(C)C(CN)c1c(F)cccc1Cl. The van der Waals surface area contributed by atoms with Gasteiger partial charge in [0.15, 0.2) is 0 Å². The first kappa shape index (κ1) is 16.4. The summed E-state index contributed by atoms with van der Waals surface area (Å²) in [5.41, 5.74) is 6.22. The molecule has 1 atom stereocenters. The Kier molecular flexibility index (Phi) is 6.72. The predicted molar refractivity (Wildman–Crippen MR) is 76.9 cm³/mol. The quantitative estimate of drug-likeness (QED) is 0.838. The zero-order chi connectivity index (χ0) is 14.4. The standard InChI is InChI=1S/C14H22ClFN2O/c1-10(2)19-8-7-18(3)13(9-17)14-11(15)5-4-6-12(14)16/h4-6,10,13H,7-9,17H2,1-3H3. The van der Waals surface area contributed by atoms with Gasteiger partial charge in [0.25, 0.3) is 0 Å². The molecule has 1 unspecified atom stereocenters. The molecule has 2 N–H and O–H groups in total. The highest BCUT2D eigenvalue weighted by Gasteiger charge is 2.21. The van der Waals surface area contributed by atoms with E-state index in [4.69, 9.17) is 22.1 Å². The highest BCUT2D eigenvalue weighted by Crippen LogP contribution is 2.28. The Balaban J connectivity index is 2.76. The molecule has 19 heavy (non-hydrogen) atoms. The molecule has 1 aromatic carbocycles. The zero-order valence-electron chi connectivity index (χ0n) is 11.7. The molecule has 0 amide bonds. The molecule has 5 heteroatoms. The second kappa shape index (κ2) is 7.80. The van der Waals surface area contributed by atoms with Crippen LogP contribution in [0.25, 0.3) is 0 Å². The summed E-state index contributed by atoms with van der Waals surface area (Å²) in [5.74, 6) is -0.320. The van der Waals surface area contributed by atoms with Crippen LogP contribution in [0.4, 0.5) is 4.39 Å². The van der Waals surface area contributed by atoms with Gasteiger partial charge >= 0.3 is 0 Å². The lowest BCUT2D eigenvalue weighted by atomic mass is 10.0. The van der Waals surface area contributed by atoms with E-state index in [2.05, 4.69) is 0 Å². The molecule has 0 fully saturated rings. The van der Waals surface area contributed by atoms with Gasteiger partial charge in [-0.3, -0.25) is 4.90 Å². The van der Waals surface area contributed by atoms with Gasteiger partial charge in [0, 0.05) is 23.7 Å². The number of likely N-dealkylation sites (N-methyl/N-ethyl adjacent to an activating group) is 1. The van der Waals surface area contributed by atoms with Gasteiger partial charge in [-0.05, 0) is 33.0 Å². The molecule has 0 radical (unpaired) electrons. The van der Waals surface area contributed by atoms with Crippen molar-refractivity contribution in [2.45, 2.75) is 26.0 Å². The van der Waals surface area contributed by atoms with Gasteiger partial charge in [0.2, 0.25) is 0 Å². The summed E-state index contributed by atoms with van der Waals surface area (Å²) in [5, 5.41) is 0.409. The molecule has 3 nitrogen and oxygen atoms in total. The number of hydrogen-bond donors (Lipinski definition) is 1. The van der Waals surface area contributed by atoms with Crippen molar-refractivity contribution in [2.24, 2.45) is 5.73 Å². The first-order valence-corrected chi connectivity index (χ1v) is 6.81. The number of benzene rings is 1. The summed E-state index contributed by atoms with van der Waals surface area (Å²) in [6, 6.07) is 4.43. The van der Waals surface area contributed by atoms with E-state index in [1.54, 1.807) is 12.1 Å². The molecule has 0 aliphatic heterocycles. The van der Waals surface area contributed by atoms with Gasteiger partial charge < -0.3 is 10.5 Å². The van der Waals surface area contributed by atoms with Crippen LogP contribution in [0.15, 0.2) is 18.2 Å². The first-order valence-electron chi connectivity index (χ1n) is 6.43. The average Bonchev–Trinajstić information content (AvgIpc) is 2.33. The van der Waals surface area contributed by atoms with Gasteiger partial charge in [0.1, 0.15) is 5.82 Å². The number of nitrogens with zero attached hydrogens (tertiary/aromatic N) is 1. The molecular formula is C14H22ClFN2O. The van der Waals surface area contributed by atoms with Crippen LogP contribution < -0.4 is 5.73 Å². The third-order valence-corrected chi connectivity index (χ3v) is 3.31. The smallest absolute Gasteiger partial charge is 0.129 e. The maximum Gasteiger partial charge on any atom is 0.129 e. The molecule has 0 saturated carbocycles. The van der Waals surface area contributed by atoms with Crippen LogP contribution in [-0.4, -0.2) is 37.7 Å². The summed E-state index contributed by atoms with van der Waals surface area (Å²) >= 11 is 6.08. The van der Waals surface area contributed by atoms with Crippen molar-refractivity contribution in [3.05, 3.63) is 34.6 Å². The van der Waals surface area contributed by atoms with Crippen LogP contribution in [-0.2, 0) is 4.74 Å². The van der Waals surface area contributed by atoms with E-state index < -0.39 is 0 Å². The molecule has 1 aromatic rings. The maximum atomic E-state index is 13.9. The van der Waals surface area contributed by atoms with Gasteiger partial charge in [-0.1, -0.05) is 17.7 Å². The van der Waals surface area contributed by atoms with E-state index in [1.165, 1.54) is 6.07 Å². The van der Waals surface area contributed by atoms with Gasteiger partial charge in [0.05, 0.1) is 18.8 Å². The summed E-state index contributed by atoms with van der Waals surface area (Å²) in [6.07, 6.45) is 0.182. The van der Waals surface area contributed by atoms with Crippen LogP contribution in [0.5, 0.6) is 0 Å². The van der Waals surface area contributed by atoms with Crippen LogP contribution in [0.2, 0.25) is 5.02 Å². The Labute approximate surface area is 119 Å². The Morgan fingerprint density at radius 3 is 2.63 bits per heavy atom. The Hall–Kier alpha value is -0.680. The highest BCUT2D eigenvalue weighted by atomic mass is 35.5. The third kappa shape index (κ3) is 4.73. The van der Waals surface area contributed by atoms with Gasteiger partial charge in [-0.15, -0.1) is 0 Å². The molecule has 0 heterocycles.